The van der Waals surface area contributed by atoms with Gasteiger partial charge >= 0.3 is 0 Å². The molecule has 1 fully saturated rings. The van der Waals surface area contributed by atoms with Crippen LogP contribution >= 0.6 is 0 Å². The van der Waals surface area contributed by atoms with Gasteiger partial charge in [-0.15, -0.1) is 0 Å². The molecule has 0 spiro atoms. The van der Waals surface area contributed by atoms with Gasteiger partial charge in [0.25, 0.3) is 0 Å². The quantitative estimate of drug-likeness (QED) is 0.693. The second-order valence-electron chi connectivity index (χ2n) is 4.05. The number of imidazole rings is 1. The Morgan fingerprint density at radius 2 is 2.27 bits per heavy atom. The topological polar surface area (TPSA) is 47.8 Å². The highest BCUT2D eigenvalue weighted by molar-refractivity contribution is 6.07. The van der Waals surface area contributed by atoms with Gasteiger partial charge in [-0.1, -0.05) is 0 Å². The fourth-order valence-corrected chi connectivity index (χ4v) is 1.86. The largest absolute Gasteiger partial charge is 0.333 e. The molecule has 15 heavy (non-hydrogen) atoms. The maximum Gasteiger partial charge on any atom is 0.169 e. The number of rotatable bonds is 2. The lowest BCUT2D eigenvalue weighted by Gasteiger charge is -2.02. The van der Waals surface area contributed by atoms with Crippen molar-refractivity contribution in [1.82, 2.24) is 14.5 Å². The standard InChI is InChI=1S/C11H11N3O/c1-14-6-13-9-5-12-4-8(10(9)14)11(15)7-2-3-7/h4-7H,2-3H2,1H3. The number of pyridine rings is 1. The van der Waals surface area contributed by atoms with E-state index in [4.69, 9.17) is 0 Å². The zero-order valence-electron chi connectivity index (χ0n) is 8.47. The van der Waals surface area contributed by atoms with Gasteiger partial charge in [-0.3, -0.25) is 9.78 Å². The van der Waals surface area contributed by atoms with Gasteiger partial charge in [0.15, 0.2) is 5.78 Å². The number of nitrogens with zero attached hydrogens (tertiary/aromatic N) is 3. The van der Waals surface area contributed by atoms with Gasteiger partial charge in [-0.05, 0) is 12.8 Å². The van der Waals surface area contributed by atoms with Gasteiger partial charge in [0, 0.05) is 19.2 Å². The molecule has 4 heteroatoms. The molecule has 2 aromatic rings. The van der Waals surface area contributed by atoms with E-state index in [1.807, 2.05) is 11.6 Å². The normalized spacial score (nSPS) is 15.8. The van der Waals surface area contributed by atoms with Crippen molar-refractivity contribution < 1.29 is 4.79 Å². The van der Waals surface area contributed by atoms with E-state index >= 15 is 0 Å². The maximum atomic E-state index is 12.0. The van der Waals surface area contributed by atoms with E-state index in [0.717, 1.165) is 29.4 Å². The monoisotopic (exact) mass is 201 g/mol. The fourth-order valence-electron chi connectivity index (χ4n) is 1.86. The van der Waals surface area contributed by atoms with E-state index in [9.17, 15) is 4.79 Å². The molecule has 1 aliphatic carbocycles. The van der Waals surface area contributed by atoms with Crippen molar-refractivity contribution in [2.75, 3.05) is 0 Å². The maximum absolute atomic E-state index is 12.0. The fraction of sp³-hybridized carbons (Fsp3) is 0.364. The summed E-state index contributed by atoms with van der Waals surface area (Å²) in [6.45, 7) is 0. The summed E-state index contributed by atoms with van der Waals surface area (Å²) in [5.41, 5.74) is 2.42. The van der Waals surface area contributed by atoms with Crippen LogP contribution in [0.15, 0.2) is 18.7 Å². The highest BCUT2D eigenvalue weighted by Gasteiger charge is 2.32. The molecule has 0 aromatic carbocycles. The summed E-state index contributed by atoms with van der Waals surface area (Å²) in [6, 6.07) is 0. The summed E-state index contributed by atoms with van der Waals surface area (Å²) in [6.07, 6.45) is 7.11. The Labute approximate surface area is 87.0 Å². The first kappa shape index (κ1) is 8.59. The second kappa shape index (κ2) is 2.89. The van der Waals surface area contributed by atoms with Gasteiger partial charge in [0.2, 0.25) is 0 Å². The van der Waals surface area contributed by atoms with E-state index in [0.29, 0.717) is 0 Å². The summed E-state index contributed by atoms with van der Waals surface area (Å²) in [4.78, 5) is 20.2. The Balaban J connectivity index is 2.24. The molecule has 0 unspecified atom stereocenters. The number of ketones is 1. The minimum absolute atomic E-state index is 0.219. The van der Waals surface area contributed by atoms with Crippen LogP contribution < -0.4 is 0 Å². The molecule has 1 aliphatic rings. The van der Waals surface area contributed by atoms with Gasteiger partial charge in [-0.2, -0.15) is 0 Å². The predicted octanol–water partition coefficient (Wildman–Crippen LogP) is 1.56. The molecule has 0 bridgehead atoms. The van der Waals surface area contributed by atoms with Crippen LogP contribution in [0.25, 0.3) is 11.0 Å². The summed E-state index contributed by atoms with van der Waals surface area (Å²) >= 11 is 0. The summed E-state index contributed by atoms with van der Waals surface area (Å²) in [5, 5.41) is 0. The number of hydrogen-bond acceptors (Lipinski definition) is 3. The Kier molecular flexibility index (Phi) is 1.65. The van der Waals surface area contributed by atoms with Crippen molar-refractivity contribution in [2.45, 2.75) is 12.8 Å². The molecule has 76 valence electrons. The number of fused-ring (bicyclic) bond motifs is 1. The van der Waals surface area contributed by atoms with E-state index in [-0.39, 0.29) is 11.7 Å². The second-order valence-corrected chi connectivity index (χ2v) is 4.05. The smallest absolute Gasteiger partial charge is 0.169 e. The van der Waals surface area contributed by atoms with Crippen LogP contribution in [0, 0.1) is 5.92 Å². The van der Waals surface area contributed by atoms with Crippen molar-refractivity contribution >= 4 is 16.8 Å². The average molecular weight is 201 g/mol. The Hall–Kier alpha value is -1.71. The van der Waals surface area contributed by atoms with Crippen molar-refractivity contribution in [1.29, 1.82) is 0 Å². The number of hydrogen-bond donors (Lipinski definition) is 0. The van der Waals surface area contributed by atoms with Crippen LogP contribution in [0.1, 0.15) is 23.2 Å². The highest BCUT2D eigenvalue weighted by Crippen LogP contribution is 2.34. The van der Waals surface area contributed by atoms with E-state index in [1.165, 1.54) is 0 Å². The first-order valence-electron chi connectivity index (χ1n) is 5.06. The number of aryl methyl sites for hydroxylation is 1. The van der Waals surface area contributed by atoms with Gasteiger partial charge in [-0.25, -0.2) is 4.98 Å². The minimum Gasteiger partial charge on any atom is -0.333 e. The molecular formula is C11H11N3O. The first-order valence-corrected chi connectivity index (χ1v) is 5.06. The molecule has 0 amide bonds. The van der Waals surface area contributed by atoms with E-state index in [2.05, 4.69) is 9.97 Å². The molecule has 3 rings (SSSR count). The molecule has 2 aromatic heterocycles. The summed E-state index contributed by atoms with van der Waals surface area (Å²) in [5.74, 6) is 0.448. The molecular weight excluding hydrogens is 190 g/mol. The lowest BCUT2D eigenvalue weighted by molar-refractivity contribution is 0.0968. The molecule has 0 aliphatic heterocycles. The predicted molar refractivity (Wildman–Crippen MR) is 55.6 cm³/mol. The molecule has 0 radical (unpaired) electrons. The molecule has 0 saturated heterocycles. The SMILES string of the molecule is Cn1cnc2cncc(C(=O)C3CC3)c21. The molecule has 4 nitrogen and oxygen atoms in total. The third-order valence-electron chi connectivity index (χ3n) is 2.83. The van der Waals surface area contributed by atoms with Crippen LogP contribution in [0.5, 0.6) is 0 Å². The van der Waals surface area contributed by atoms with Crippen molar-refractivity contribution in [3.8, 4) is 0 Å². The van der Waals surface area contributed by atoms with Crippen molar-refractivity contribution in [2.24, 2.45) is 13.0 Å². The van der Waals surface area contributed by atoms with Crippen LogP contribution in [0.3, 0.4) is 0 Å². The van der Waals surface area contributed by atoms with Gasteiger partial charge < -0.3 is 4.57 Å². The van der Waals surface area contributed by atoms with Crippen LogP contribution in [0.2, 0.25) is 0 Å². The summed E-state index contributed by atoms with van der Waals surface area (Å²) in [7, 11) is 1.90. The van der Waals surface area contributed by atoms with E-state index in [1.54, 1.807) is 18.7 Å². The highest BCUT2D eigenvalue weighted by atomic mass is 16.1. The number of aromatic nitrogens is 3. The molecule has 0 N–H and O–H groups in total. The van der Waals surface area contributed by atoms with E-state index < -0.39 is 0 Å². The summed E-state index contributed by atoms with van der Waals surface area (Å²) < 4.78 is 1.88. The molecule has 2 heterocycles. The Bertz CT molecular complexity index is 540. The molecule has 1 saturated carbocycles. The van der Waals surface area contributed by atoms with Gasteiger partial charge in [0.1, 0.15) is 5.52 Å². The Morgan fingerprint density at radius 3 is 3.00 bits per heavy atom. The molecule has 0 atom stereocenters. The lowest BCUT2D eigenvalue weighted by Crippen LogP contribution is -2.04. The Morgan fingerprint density at radius 1 is 1.47 bits per heavy atom. The van der Waals surface area contributed by atoms with Crippen LogP contribution in [-0.2, 0) is 7.05 Å². The number of Topliss-reactive ketones (excluding diaryl/α,β-unsaturated/α-hetero) is 1. The zero-order chi connectivity index (χ0) is 10.4. The van der Waals surface area contributed by atoms with Crippen molar-refractivity contribution in [3.05, 3.63) is 24.3 Å². The zero-order valence-corrected chi connectivity index (χ0v) is 8.47. The van der Waals surface area contributed by atoms with Crippen LogP contribution in [0.4, 0.5) is 0 Å². The minimum atomic E-state index is 0.219. The first-order chi connectivity index (χ1) is 7.27. The third-order valence-corrected chi connectivity index (χ3v) is 2.83. The number of carbonyl (C=O) groups is 1. The van der Waals surface area contributed by atoms with Crippen LogP contribution in [-0.4, -0.2) is 20.3 Å². The van der Waals surface area contributed by atoms with Crippen molar-refractivity contribution in [3.63, 3.8) is 0 Å². The number of carbonyl (C=O) groups excluding carboxylic acids is 1. The average Bonchev–Trinajstić information content (AvgIpc) is 3.03. The van der Waals surface area contributed by atoms with Gasteiger partial charge in [0.05, 0.1) is 23.6 Å². The third kappa shape index (κ3) is 1.25. The lowest BCUT2D eigenvalue weighted by atomic mass is 10.1.